The predicted molar refractivity (Wildman–Crippen MR) is 161 cm³/mol. The number of pyridine rings is 2. The van der Waals surface area contributed by atoms with Crippen molar-refractivity contribution in [1.29, 1.82) is 0 Å². The maximum absolute atomic E-state index is 12.6. The molecule has 3 N–H and O–H groups in total. The van der Waals surface area contributed by atoms with E-state index in [1.807, 2.05) is 79.2 Å². The fourth-order valence-corrected chi connectivity index (χ4v) is 5.95. The van der Waals surface area contributed by atoms with Crippen LogP contribution in [-0.2, 0) is 14.1 Å². The van der Waals surface area contributed by atoms with Gasteiger partial charge in [0.2, 0.25) is 0 Å². The monoisotopic (exact) mass is 547 g/mol. The fraction of sp³-hybridized carbons (Fsp3) is 0.0968. The molecule has 0 unspecified atom stereocenters. The zero-order valence-electron chi connectivity index (χ0n) is 22.0. The number of nitrogens with zero attached hydrogens (tertiary/aromatic N) is 3. The highest BCUT2D eigenvalue weighted by molar-refractivity contribution is 6.29. The van der Waals surface area contributed by atoms with Crippen LogP contribution in [0.1, 0.15) is 5.82 Å². The number of aromatic nitrogens is 6. The maximum atomic E-state index is 12.6. The van der Waals surface area contributed by atoms with Gasteiger partial charge in [-0.3, -0.25) is 9.59 Å². The van der Waals surface area contributed by atoms with Crippen LogP contribution in [0.25, 0.3) is 65.2 Å². The Kier molecular flexibility index (Phi) is 5.30. The van der Waals surface area contributed by atoms with Crippen molar-refractivity contribution in [2.24, 2.45) is 14.1 Å². The molecule has 9 heteroatoms. The molecule has 8 nitrogen and oxygen atoms in total. The molecule has 0 radical (unpaired) electrons. The van der Waals surface area contributed by atoms with Crippen LogP contribution in [0.2, 0.25) is 5.28 Å². The zero-order chi connectivity index (χ0) is 27.7. The van der Waals surface area contributed by atoms with Gasteiger partial charge in [-0.2, -0.15) is 0 Å². The number of rotatable bonds is 0. The van der Waals surface area contributed by atoms with Gasteiger partial charge in [0.25, 0.3) is 11.1 Å². The van der Waals surface area contributed by atoms with Crippen molar-refractivity contribution in [3.63, 3.8) is 0 Å². The molecular formula is C31H24ClN6O2+. The standard InChI is InChI=1S/C16H12ClN3O.C15H11N3O/c1-19-8-7-11-12(15(19)21)9-5-3-4-6-10(9)14-13(11)18-16(17)20(14)2;1-8-17-13-10-5-3-2-4-9(10)12-11(14(13)18-8)6-7-16-15(12)19/h3-8H,1-2H3;2-7H,1H3,(H,16,19)(H,17,18)/p+1. The molecule has 0 atom stereocenters. The van der Waals surface area contributed by atoms with Crippen molar-refractivity contribution in [2.75, 3.05) is 0 Å². The van der Waals surface area contributed by atoms with E-state index < -0.39 is 0 Å². The molecule has 0 amide bonds. The van der Waals surface area contributed by atoms with E-state index in [0.29, 0.717) is 10.7 Å². The number of hydrogen-bond donors (Lipinski definition) is 3. The smallest absolute Gasteiger partial charge is 0.342 e. The highest BCUT2D eigenvalue weighted by Gasteiger charge is 2.22. The molecule has 0 saturated carbocycles. The Morgan fingerprint density at radius 2 is 1.48 bits per heavy atom. The molecule has 196 valence electrons. The van der Waals surface area contributed by atoms with Crippen LogP contribution in [0.5, 0.6) is 0 Å². The quantitative estimate of drug-likeness (QED) is 0.172. The Balaban J connectivity index is 0.000000133. The zero-order valence-corrected chi connectivity index (χ0v) is 22.7. The van der Waals surface area contributed by atoms with E-state index >= 15 is 0 Å². The second kappa shape index (κ2) is 8.79. The van der Waals surface area contributed by atoms with Gasteiger partial charge in [-0.25, -0.2) is 14.5 Å². The third-order valence-electron chi connectivity index (χ3n) is 7.59. The Bertz CT molecular complexity index is 2430. The van der Waals surface area contributed by atoms with Crippen LogP contribution in [0.4, 0.5) is 0 Å². The lowest BCUT2D eigenvalue weighted by Crippen LogP contribution is -2.27. The highest BCUT2D eigenvalue weighted by Crippen LogP contribution is 2.32. The van der Waals surface area contributed by atoms with Crippen molar-refractivity contribution >= 4 is 76.8 Å². The molecule has 8 aromatic rings. The highest BCUT2D eigenvalue weighted by atomic mass is 35.5. The van der Waals surface area contributed by atoms with E-state index in [2.05, 4.69) is 19.9 Å². The molecule has 4 heterocycles. The largest absolute Gasteiger partial charge is 0.353 e. The normalized spacial score (nSPS) is 11.7. The average molecular weight is 548 g/mol. The summed E-state index contributed by atoms with van der Waals surface area (Å²) < 4.78 is 3.52. The number of imidazole rings is 2. The lowest BCUT2D eigenvalue weighted by molar-refractivity contribution is -0.641. The summed E-state index contributed by atoms with van der Waals surface area (Å²) in [6.45, 7) is 1.92. The third kappa shape index (κ3) is 3.39. The summed E-state index contributed by atoms with van der Waals surface area (Å²) in [7, 11) is 3.68. The van der Waals surface area contributed by atoms with Crippen molar-refractivity contribution < 1.29 is 4.57 Å². The van der Waals surface area contributed by atoms with Crippen LogP contribution < -0.4 is 15.7 Å². The first-order valence-electron chi connectivity index (χ1n) is 12.8. The van der Waals surface area contributed by atoms with Crippen LogP contribution in [0.3, 0.4) is 0 Å². The Morgan fingerprint density at radius 3 is 2.23 bits per heavy atom. The van der Waals surface area contributed by atoms with Gasteiger partial charge in [-0.1, -0.05) is 42.5 Å². The number of benzene rings is 4. The summed E-state index contributed by atoms with van der Waals surface area (Å²) in [4.78, 5) is 38.5. The Morgan fingerprint density at radius 1 is 0.800 bits per heavy atom. The van der Waals surface area contributed by atoms with Crippen molar-refractivity contribution in [3.8, 4) is 0 Å². The number of aromatic amines is 3. The minimum absolute atomic E-state index is 0.000949. The van der Waals surface area contributed by atoms with E-state index in [1.54, 1.807) is 24.0 Å². The average Bonchev–Trinajstić information content (AvgIpc) is 3.50. The van der Waals surface area contributed by atoms with E-state index in [1.165, 1.54) is 0 Å². The van der Waals surface area contributed by atoms with Crippen LogP contribution in [0, 0.1) is 6.92 Å². The van der Waals surface area contributed by atoms with Gasteiger partial charge < -0.3 is 14.5 Å². The summed E-state index contributed by atoms with van der Waals surface area (Å²) in [5.41, 5.74) is 3.68. The first-order valence-corrected chi connectivity index (χ1v) is 13.2. The summed E-state index contributed by atoms with van der Waals surface area (Å²) in [6.07, 6.45) is 3.45. The van der Waals surface area contributed by atoms with Gasteiger partial charge in [-0.05, 0) is 35.9 Å². The summed E-state index contributed by atoms with van der Waals surface area (Å²) in [6, 6.07) is 19.7. The third-order valence-corrected chi connectivity index (χ3v) is 7.94. The second-order valence-electron chi connectivity index (χ2n) is 9.95. The number of halogens is 1. The second-order valence-corrected chi connectivity index (χ2v) is 10.3. The maximum Gasteiger partial charge on any atom is 0.353 e. The summed E-state index contributed by atoms with van der Waals surface area (Å²) in [5, 5.41) is 7.72. The molecule has 0 aliphatic heterocycles. The number of fused-ring (bicyclic) bond motifs is 12. The minimum atomic E-state index is -0.0729. The summed E-state index contributed by atoms with van der Waals surface area (Å²) >= 11 is 6.25. The molecule has 0 spiro atoms. The first-order chi connectivity index (χ1) is 19.3. The van der Waals surface area contributed by atoms with Crippen molar-refractivity contribution in [2.45, 2.75) is 6.92 Å². The lowest BCUT2D eigenvalue weighted by atomic mass is 10.0. The van der Waals surface area contributed by atoms with Gasteiger partial charge >= 0.3 is 5.28 Å². The fourth-order valence-electron chi connectivity index (χ4n) is 5.77. The minimum Gasteiger partial charge on any atom is -0.342 e. The number of aryl methyl sites for hydroxylation is 3. The van der Waals surface area contributed by atoms with Gasteiger partial charge in [0.05, 0.1) is 28.9 Å². The molecule has 4 aromatic heterocycles. The molecule has 40 heavy (non-hydrogen) atoms. The predicted octanol–water partition coefficient (Wildman–Crippen LogP) is 5.52. The number of hydrogen-bond acceptors (Lipinski definition) is 3. The van der Waals surface area contributed by atoms with E-state index in [9.17, 15) is 9.59 Å². The van der Waals surface area contributed by atoms with Crippen molar-refractivity contribution in [1.82, 2.24) is 24.5 Å². The topological polar surface area (TPSA) is 103 Å². The van der Waals surface area contributed by atoms with Gasteiger partial charge in [0.15, 0.2) is 11.0 Å². The molecule has 0 fully saturated rings. The van der Waals surface area contributed by atoms with Gasteiger partial charge in [0.1, 0.15) is 5.82 Å². The lowest BCUT2D eigenvalue weighted by Gasteiger charge is -2.05. The summed E-state index contributed by atoms with van der Waals surface area (Å²) in [5.74, 6) is 0.855. The molecule has 0 aliphatic rings. The van der Waals surface area contributed by atoms with Gasteiger partial charge in [0, 0.05) is 52.6 Å². The van der Waals surface area contributed by atoms with Crippen molar-refractivity contribution in [3.05, 3.63) is 105 Å². The Hall–Kier alpha value is -4.95. The Labute approximate surface area is 231 Å². The SMILES string of the molecule is Cc1nc2c3cc[nH]c(=O)c3c3ccccc3c2[nH]1.Cn1ccc2c3[nH]c(Cl)[n+](C)c3c3ccccc3c2c1=O. The molecular weight excluding hydrogens is 524 g/mol. The number of nitrogens with one attached hydrogen (secondary N) is 3. The van der Waals surface area contributed by atoms with Crippen LogP contribution in [-0.4, -0.2) is 24.5 Å². The van der Waals surface area contributed by atoms with E-state index in [-0.39, 0.29) is 11.1 Å². The molecule has 0 saturated heterocycles. The first kappa shape index (κ1) is 24.1. The van der Waals surface area contributed by atoms with Gasteiger partial charge in [-0.15, -0.1) is 0 Å². The number of H-pyrrole nitrogens is 3. The van der Waals surface area contributed by atoms with E-state index in [0.717, 1.165) is 65.6 Å². The molecule has 0 bridgehead atoms. The van der Waals surface area contributed by atoms with Crippen LogP contribution in [0.15, 0.2) is 82.6 Å². The molecule has 8 rings (SSSR count). The molecule has 0 aliphatic carbocycles. The van der Waals surface area contributed by atoms with E-state index in [4.69, 9.17) is 11.6 Å². The van der Waals surface area contributed by atoms with Crippen LogP contribution >= 0.6 is 11.6 Å². The molecule has 4 aromatic carbocycles.